The van der Waals surface area contributed by atoms with Crippen LogP contribution in [-0.2, 0) is 19.1 Å². The summed E-state index contributed by atoms with van der Waals surface area (Å²) in [6.45, 7) is 5.36. The summed E-state index contributed by atoms with van der Waals surface area (Å²) in [4.78, 5) is 24.0. The molecule has 0 aromatic rings. The highest BCUT2D eigenvalue weighted by atomic mass is 16.5. The van der Waals surface area contributed by atoms with Crippen molar-refractivity contribution in [3.05, 3.63) is 0 Å². The third-order valence-corrected chi connectivity index (χ3v) is 3.09. The number of ether oxygens (including phenoxy) is 2. The lowest BCUT2D eigenvalue weighted by Crippen LogP contribution is -2.37. The number of hydrogen-bond donors (Lipinski definition) is 2. The molecule has 116 valence electrons. The van der Waals surface area contributed by atoms with E-state index in [1.165, 1.54) is 6.92 Å². The predicted octanol–water partition coefficient (Wildman–Crippen LogP) is -0.863. The van der Waals surface area contributed by atoms with Crippen molar-refractivity contribution < 1.29 is 24.2 Å². The molecular weight excluding hydrogens is 264 g/mol. The van der Waals surface area contributed by atoms with E-state index < -0.39 is 6.10 Å². The quantitative estimate of drug-likeness (QED) is 0.567. The molecule has 1 heterocycles. The van der Waals surface area contributed by atoms with Crippen LogP contribution >= 0.6 is 0 Å². The average Bonchev–Trinajstić information content (AvgIpc) is 2.71. The van der Waals surface area contributed by atoms with Gasteiger partial charge in [-0.1, -0.05) is 0 Å². The molecule has 0 bridgehead atoms. The van der Waals surface area contributed by atoms with Crippen LogP contribution < -0.4 is 5.32 Å². The van der Waals surface area contributed by atoms with Gasteiger partial charge in [0.15, 0.2) is 0 Å². The Hall–Kier alpha value is -1.18. The minimum absolute atomic E-state index is 0.00607. The monoisotopic (exact) mass is 288 g/mol. The molecule has 7 nitrogen and oxygen atoms in total. The van der Waals surface area contributed by atoms with Gasteiger partial charge in [0.25, 0.3) is 0 Å². The molecule has 20 heavy (non-hydrogen) atoms. The molecule has 0 aromatic carbocycles. The molecule has 2 amide bonds. The Kier molecular flexibility index (Phi) is 7.50. The number of amides is 2. The lowest BCUT2D eigenvalue weighted by molar-refractivity contribution is -0.137. The van der Waals surface area contributed by atoms with Crippen LogP contribution in [0.4, 0.5) is 0 Å². The maximum atomic E-state index is 11.8. The fourth-order valence-electron chi connectivity index (χ4n) is 2.11. The standard InChI is InChI=1S/C13H24N2O5/c1-10-7-12(17)8-15(10)13(18)9-20-6-5-19-4-3-14-11(2)16/h10,12,17H,3-9H2,1-2H3,(H,14,16)/t10-,12-/m1/s1. The van der Waals surface area contributed by atoms with E-state index in [1.807, 2.05) is 6.92 Å². The fraction of sp³-hybridized carbons (Fsp3) is 0.846. The van der Waals surface area contributed by atoms with Crippen LogP contribution in [0, 0.1) is 0 Å². The first kappa shape index (κ1) is 16.9. The van der Waals surface area contributed by atoms with Crippen LogP contribution in [0.1, 0.15) is 20.3 Å². The molecule has 1 fully saturated rings. The van der Waals surface area contributed by atoms with E-state index in [9.17, 15) is 14.7 Å². The molecule has 1 aliphatic rings. The minimum atomic E-state index is -0.425. The minimum Gasteiger partial charge on any atom is -0.391 e. The van der Waals surface area contributed by atoms with E-state index in [-0.39, 0.29) is 24.5 Å². The highest BCUT2D eigenvalue weighted by Gasteiger charge is 2.30. The first-order valence-electron chi connectivity index (χ1n) is 6.88. The molecule has 0 spiro atoms. The van der Waals surface area contributed by atoms with Gasteiger partial charge in [-0.3, -0.25) is 9.59 Å². The van der Waals surface area contributed by atoms with Crippen molar-refractivity contribution in [2.24, 2.45) is 0 Å². The number of carbonyl (C=O) groups is 2. The van der Waals surface area contributed by atoms with E-state index in [1.54, 1.807) is 4.90 Å². The van der Waals surface area contributed by atoms with E-state index in [2.05, 4.69) is 5.32 Å². The number of carbonyl (C=O) groups excluding carboxylic acids is 2. The molecule has 0 aromatic heterocycles. The van der Waals surface area contributed by atoms with Crippen LogP contribution in [0.3, 0.4) is 0 Å². The van der Waals surface area contributed by atoms with Gasteiger partial charge in [0.05, 0.1) is 25.9 Å². The Morgan fingerprint density at radius 3 is 2.60 bits per heavy atom. The van der Waals surface area contributed by atoms with Gasteiger partial charge in [-0.05, 0) is 13.3 Å². The summed E-state index contributed by atoms with van der Waals surface area (Å²) in [5, 5.41) is 12.1. The van der Waals surface area contributed by atoms with Crippen molar-refractivity contribution in [1.82, 2.24) is 10.2 Å². The van der Waals surface area contributed by atoms with Crippen molar-refractivity contribution >= 4 is 11.8 Å². The molecular formula is C13H24N2O5. The average molecular weight is 288 g/mol. The van der Waals surface area contributed by atoms with Crippen molar-refractivity contribution in [1.29, 1.82) is 0 Å². The molecule has 1 saturated heterocycles. The summed E-state index contributed by atoms with van der Waals surface area (Å²) in [6.07, 6.45) is 0.198. The number of nitrogens with zero attached hydrogens (tertiary/aromatic N) is 1. The summed E-state index contributed by atoms with van der Waals surface area (Å²) in [5.41, 5.74) is 0. The van der Waals surface area contributed by atoms with Gasteiger partial charge in [-0.2, -0.15) is 0 Å². The lowest BCUT2D eigenvalue weighted by atomic mass is 10.2. The van der Waals surface area contributed by atoms with Gasteiger partial charge < -0.3 is 24.8 Å². The Labute approximate surface area is 119 Å². The summed E-state index contributed by atoms with van der Waals surface area (Å²) in [5.74, 6) is -0.190. The third kappa shape index (κ3) is 6.31. The van der Waals surface area contributed by atoms with Gasteiger partial charge >= 0.3 is 0 Å². The van der Waals surface area contributed by atoms with Crippen LogP contribution in [0.15, 0.2) is 0 Å². The Balaban J connectivity index is 1.98. The molecule has 1 rings (SSSR count). The van der Waals surface area contributed by atoms with E-state index >= 15 is 0 Å². The number of aliphatic hydroxyl groups excluding tert-OH is 1. The fourth-order valence-corrected chi connectivity index (χ4v) is 2.11. The molecule has 7 heteroatoms. The van der Waals surface area contributed by atoms with Crippen LogP contribution in [0.5, 0.6) is 0 Å². The van der Waals surface area contributed by atoms with E-state index in [0.29, 0.717) is 39.3 Å². The zero-order valence-corrected chi connectivity index (χ0v) is 12.1. The maximum Gasteiger partial charge on any atom is 0.248 e. The van der Waals surface area contributed by atoms with Crippen molar-refractivity contribution in [3.8, 4) is 0 Å². The second-order valence-corrected chi connectivity index (χ2v) is 4.93. The first-order chi connectivity index (χ1) is 9.50. The highest BCUT2D eigenvalue weighted by Crippen LogP contribution is 2.17. The van der Waals surface area contributed by atoms with Gasteiger partial charge in [-0.15, -0.1) is 0 Å². The van der Waals surface area contributed by atoms with Gasteiger partial charge in [0.1, 0.15) is 6.61 Å². The Bertz CT molecular complexity index is 324. The number of likely N-dealkylation sites (tertiary alicyclic amines) is 1. The maximum absolute atomic E-state index is 11.8. The van der Waals surface area contributed by atoms with Crippen LogP contribution in [-0.4, -0.2) is 73.5 Å². The molecule has 2 atom stereocenters. The summed E-state index contributed by atoms with van der Waals surface area (Å²) >= 11 is 0. The lowest BCUT2D eigenvalue weighted by Gasteiger charge is -2.20. The largest absolute Gasteiger partial charge is 0.391 e. The summed E-state index contributed by atoms with van der Waals surface area (Å²) in [7, 11) is 0. The summed E-state index contributed by atoms with van der Waals surface area (Å²) in [6, 6.07) is 0.0648. The summed E-state index contributed by atoms with van der Waals surface area (Å²) < 4.78 is 10.5. The normalized spacial score (nSPS) is 22.1. The SMILES string of the molecule is CC(=O)NCCOCCOCC(=O)N1C[C@H](O)C[C@H]1C. The first-order valence-corrected chi connectivity index (χ1v) is 6.88. The smallest absolute Gasteiger partial charge is 0.248 e. The van der Waals surface area contributed by atoms with Gasteiger partial charge in [0, 0.05) is 26.1 Å². The Morgan fingerprint density at radius 2 is 2.00 bits per heavy atom. The number of nitrogens with one attached hydrogen (secondary N) is 1. The van der Waals surface area contributed by atoms with Crippen molar-refractivity contribution in [2.45, 2.75) is 32.4 Å². The van der Waals surface area contributed by atoms with Gasteiger partial charge in [0.2, 0.25) is 11.8 Å². The molecule has 0 radical (unpaired) electrons. The predicted molar refractivity (Wildman–Crippen MR) is 72.1 cm³/mol. The van der Waals surface area contributed by atoms with Gasteiger partial charge in [-0.25, -0.2) is 0 Å². The molecule has 0 unspecified atom stereocenters. The zero-order valence-electron chi connectivity index (χ0n) is 12.1. The second-order valence-electron chi connectivity index (χ2n) is 4.93. The molecule has 0 saturated carbocycles. The zero-order chi connectivity index (χ0) is 15.0. The highest BCUT2D eigenvalue weighted by molar-refractivity contribution is 5.78. The van der Waals surface area contributed by atoms with Crippen LogP contribution in [0.25, 0.3) is 0 Å². The molecule has 1 aliphatic heterocycles. The Morgan fingerprint density at radius 1 is 1.30 bits per heavy atom. The second kappa shape index (κ2) is 8.89. The van der Waals surface area contributed by atoms with E-state index in [4.69, 9.17) is 9.47 Å². The number of aliphatic hydroxyl groups is 1. The number of β-amino-alcohol motifs (C(OH)–C–C–N with tert-alkyl or cyclic N) is 1. The number of hydrogen-bond acceptors (Lipinski definition) is 5. The van der Waals surface area contributed by atoms with Crippen molar-refractivity contribution in [3.63, 3.8) is 0 Å². The topological polar surface area (TPSA) is 88.1 Å². The molecule has 2 N–H and O–H groups in total. The third-order valence-electron chi connectivity index (χ3n) is 3.09. The van der Waals surface area contributed by atoms with Crippen LogP contribution in [0.2, 0.25) is 0 Å². The molecule has 0 aliphatic carbocycles. The van der Waals surface area contributed by atoms with Crippen molar-refractivity contribution in [2.75, 3.05) is 39.5 Å². The van der Waals surface area contributed by atoms with E-state index in [0.717, 1.165) is 0 Å². The number of rotatable bonds is 8.